The minimum Gasteiger partial charge on any atom is -0.399 e. The first-order chi connectivity index (χ1) is 11.2. The smallest absolute Gasteiger partial charge is 0.399 e. The molecule has 2 aliphatic heterocycles. The Balaban J connectivity index is 1.78. The Bertz CT molecular complexity index is 701. The van der Waals surface area contributed by atoms with Gasteiger partial charge in [0.15, 0.2) is 0 Å². The van der Waals surface area contributed by atoms with E-state index in [1.165, 1.54) is 0 Å². The first-order valence-electron chi connectivity index (χ1n) is 8.42. The fourth-order valence-electron chi connectivity index (χ4n) is 2.87. The number of hydrogen-bond acceptors (Lipinski definition) is 3. The van der Waals surface area contributed by atoms with Crippen molar-refractivity contribution < 1.29 is 14.1 Å². The lowest BCUT2D eigenvalue weighted by Gasteiger charge is -2.32. The summed E-state index contributed by atoms with van der Waals surface area (Å²) in [5.74, 6) is 6.17. The lowest BCUT2D eigenvalue weighted by atomic mass is 9.78. The zero-order valence-corrected chi connectivity index (χ0v) is 15.1. The average Bonchev–Trinajstić information content (AvgIpc) is 2.94. The molecule has 0 aromatic heterocycles. The van der Waals surface area contributed by atoms with Gasteiger partial charge in [-0.3, -0.25) is 4.79 Å². The van der Waals surface area contributed by atoms with Gasteiger partial charge < -0.3 is 14.2 Å². The largest absolute Gasteiger partial charge is 0.494 e. The Hall–Kier alpha value is -1.77. The van der Waals surface area contributed by atoms with Gasteiger partial charge in [0, 0.05) is 19.2 Å². The zero-order chi connectivity index (χ0) is 17.5. The molecule has 0 spiro atoms. The van der Waals surface area contributed by atoms with Crippen LogP contribution in [0.25, 0.3) is 0 Å². The third-order valence-corrected chi connectivity index (χ3v) is 5.23. The highest BCUT2D eigenvalue weighted by atomic mass is 16.7. The van der Waals surface area contributed by atoms with Gasteiger partial charge in [0.1, 0.15) is 5.92 Å². The quantitative estimate of drug-likeness (QED) is 0.584. The molecule has 0 aliphatic carbocycles. The predicted molar refractivity (Wildman–Crippen MR) is 94.8 cm³/mol. The molecular formula is C19H24BNO3. The molecule has 0 unspecified atom stereocenters. The van der Waals surface area contributed by atoms with E-state index in [2.05, 4.69) is 11.8 Å². The number of carbonyl (C=O) groups is 1. The van der Waals surface area contributed by atoms with Gasteiger partial charge in [0.05, 0.1) is 11.2 Å². The van der Waals surface area contributed by atoms with Gasteiger partial charge in [-0.1, -0.05) is 24.0 Å². The van der Waals surface area contributed by atoms with E-state index in [0.29, 0.717) is 0 Å². The van der Waals surface area contributed by atoms with Crippen molar-refractivity contribution in [2.75, 3.05) is 13.6 Å². The summed E-state index contributed by atoms with van der Waals surface area (Å²) in [6, 6.07) is 7.87. The highest BCUT2D eigenvalue weighted by Crippen LogP contribution is 2.36. The Morgan fingerprint density at radius 2 is 1.88 bits per heavy atom. The van der Waals surface area contributed by atoms with E-state index in [1.54, 1.807) is 4.90 Å². The van der Waals surface area contributed by atoms with Crippen molar-refractivity contribution in [3.63, 3.8) is 0 Å². The average molecular weight is 325 g/mol. The third kappa shape index (κ3) is 3.09. The fourth-order valence-corrected chi connectivity index (χ4v) is 2.87. The maximum atomic E-state index is 11.9. The number of rotatable bonds is 1. The highest BCUT2D eigenvalue weighted by molar-refractivity contribution is 6.62. The Kier molecular flexibility index (Phi) is 4.23. The van der Waals surface area contributed by atoms with Crippen molar-refractivity contribution in [2.45, 2.75) is 45.3 Å². The minimum absolute atomic E-state index is 0.115. The Morgan fingerprint density at radius 3 is 2.46 bits per heavy atom. The van der Waals surface area contributed by atoms with Crippen molar-refractivity contribution in [3.8, 4) is 11.8 Å². The van der Waals surface area contributed by atoms with Crippen molar-refractivity contribution in [1.82, 2.24) is 4.90 Å². The van der Waals surface area contributed by atoms with Crippen LogP contribution in [0.3, 0.4) is 0 Å². The third-order valence-electron chi connectivity index (χ3n) is 5.23. The molecule has 2 heterocycles. The van der Waals surface area contributed by atoms with E-state index in [9.17, 15) is 4.79 Å². The van der Waals surface area contributed by atoms with Crippen LogP contribution in [0, 0.1) is 17.8 Å². The molecular weight excluding hydrogens is 301 g/mol. The molecule has 4 nitrogen and oxygen atoms in total. The van der Waals surface area contributed by atoms with Gasteiger partial charge in [-0.25, -0.2) is 0 Å². The Morgan fingerprint density at radius 1 is 1.21 bits per heavy atom. The van der Waals surface area contributed by atoms with Crippen molar-refractivity contribution >= 4 is 18.5 Å². The molecule has 1 atom stereocenters. The van der Waals surface area contributed by atoms with Gasteiger partial charge in [-0.15, -0.1) is 0 Å². The molecule has 3 rings (SSSR count). The number of hydrogen-bond donors (Lipinski definition) is 0. The van der Waals surface area contributed by atoms with E-state index in [0.717, 1.165) is 24.0 Å². The fraction of sp³-hybridized carbons (Fsp3) is 0.526. The number of carbonyl (C=O) groups excluding carboxylic acids is 1. The van der Waals surface area contributed by atoms with Gasteiger partial charge in [0.2, 0.25) is 5.91 Å². The molecule has 0 radical (unpaired) electrons. The number of amides is 1. The molecule has 126 valence electrons. The summed E-state index contributed by atoms with van der Waals surface area (Å²) in [7, 11) is 1.43. The Labute approximate surface area is 144 Å². The van der Waals surface area contributed by atoms with E-state index in [4.69, 9.17) is 9.31 Å². The molecule has 1 aromatic rings. The van der Waals surface area contributed by atoms with E-state index in [-0.39, 0.29) is 23.0 Å². The van der Waals surface area contributed by atoms with Crippen LogP contribution in [0.1, 0.15) is 39.7 Å². The van der Waals surface area contributed by atoms with Crippen LogP contribution in [0.5, 0.6) is 0 Å². The summed E-state index contributed by atoms with van der Waals surface area (Å²) < 4.78 is 12.2. The van der Waals surface area contributed by atoms with Gasteiger partial charge in [-0.2, -0.15) is 0 Å². The summed E-state index contributed by atoms with van der Waals surface area (Å²) in [6.45, 7) is 8.95. The molecule has 5 heteroatoms. The molecule has 2 saturated heterocycles. The number of benzene rings is 1. The summed E-state index contributed by atoms with van der Waals surface area (Å²) in [6.07, 6.45) is 0.805. The maximum Gasteiger partial charge on any atom is 0.494 e. The second kappa shape index (κ2) is 5.95. The first-order valence-corrected chi connectivity index (χ1v) is 8.42. The minimum atomic E-state index is -0.393. The molecule has 1 aromatic carbocycles. The van der Waals surface area contributed by atoms with Crippen LogP contribution in [0.2, 0.25) is 0 Å². The van der Waals surface area contributed by atoms with Crippen LogP contribution in [-0.4, -0.2) is 42.7 Å². The van der Waals surface area contributed by atoms with E-state index in [1.807, 2.05) is 59.0 Å². The molecule has 2 aliphatic rings. The summed E-state index contributed by atoms with van der Waals surface area (Å²) >= 11 is 0. The monoisotopic (exact) mass is 325 g/mol. The van der Waals surface area contributed by atoms with E-state index >= 15 is 0 Å². The summed E-state index contributed by atoms with van der Waals surface area (Å²) in [5, 5.41) is 0. The number of likely N-dealkylation sites (tertiary alicyclic amines) is 1. The standard InChI is InChI=1S/C19H24BNO3/c1-18(2)19(3,4)24-20(23-18)16-8-6-7-14(13-16)9-10-15-11-12-21(5)17(15)22/h6-8,13,15H,11-12H2,1-5H3/t15-/m0/s1. The second-order valence-corrected chi connectivity index (χ2v) is 7.58. The first kappa shape index (κ1) is 17.1. The lowest BCUT2D eigenvalue weighted by molar-refractivity contribution is -0.128. The van der Waals surface area contributed by atoms with Crippen LogP contribution < -0.4 is 5.46 Å². The van der Waals surface area contributed by atoms with Crippen LogP contribution >= 0.6 is 0 Å². The summed E-state index contributed by atoms with van der Waals surface area (Å²) in [4.78, 5) is 13.7. The normalized spacial score (nSPS) is 24.9. The molecule has 0 saturated carbocycles. The SMILES string of the molecule is CN1CC[C@H](C#Cc2cccc(B3OC(C)(C)C(C)(C)O3)c2)C1=O. The molecule has 24 heavy (non-hydrogen) atoms. The van der Waals surface area contributed by atoms with Crippen molar-refractivity contribution in [3.05, 3.63) is 29.8 Å². The van der Waals surface area contributed by atoms with Crippen LogP contribution in [0.4, 0.5) is 0 Å². The second-order valence-electron chi connectivity index (χ2n) is 7.58. The van der Waals surface area contributed by atoms with Crippen LogP contribution in [0.15, 0.2) is 24.3 Å². The predicted octanol–water partition coefficient (Wildman–Crippen LogP) is 1.82. The maximum absolute atomic E-state index is 11.9. The topological polar surface area (TPSA) is 38.8 Å². The van der Waals surface area contributed by atoms with E-state index < -0.39 is 7.12 Å². The zero-order valence-electron chi connectivity index (χ0n) is 15.1. The van der Waals surface area contributed by atoms with Crippen LogP contribution in [-0.2, 0) is 14.1 Å². The van der Waals surface area contributed by atoms with Gasteiger partial charge in [0.25, 0.3) is 0 Å². The molecule has 2 fully saturated rings. The van der Waals surface area contributed by atoms with Gasteiger partial charge in [-0.05, 0) is 51.7 Å². The molecule has 1 amide bonds. The number of nitrogens with zero attached hydrogens (tertiary/aromatic N) is 1. The molecule has 0 bridgehead atoms. The molecule has 0 N–H and O–H groups in total. The highest BCUT2D eigenvalue weighted by Gasteiger charge is 2.51. The van der Waals surface area contributed by atoms with Crippen molar-refractivity contribution in [1.29, 1.82) is 0 Å². The van der Waals surface area contributed by atoms with Gasteiger partial charge >= 0.3 is 7.12 Å². The lowest BCUT2D eigenvalue weighted by Crippen LogP contribution is -2.41. The summed E-state index contributed by atoms with van der Waals surface area (Å²) in [5.41, 5.74) is 1.11. The van der Waals surface area contributed by atoms with Crippen molar-refractivity contribution in [2.24, 2.45) is 5.92 Å².